The number of benzene rings is 2. The van der Waals surface area contributed by atoms with Crippen molar-refractivity contribution in [2.75, 3.05) is 19.6 Å². The summed E-state index contributed by atoms with van der Waals surface area (Å²) < 4.78 is 0. The fraction of sp³-hybridized carbons (Fsp3) is 0.278. The van der Waals surface area contributed by atoms with Crippen LogP contribution in [0.15, 0.2) is 58.3 Å². The molecule has 0 aliphatic heterocycles. The summed E-state index contributed by atoms with van der Waals surface area (Å²) in [5.74, 6) is -0.305. The van der Waals surface area contributed by atoms with Crippen LogP contribution >= 0.6 is 11.8 Å². The Bertz CT molecular complexity index is 723. The molecule has 0 aliphatic carbocycles. The first kappa shape index (κ1) is 19.0. The van der Waals surface area contributed by atoms with Crippen LogP contribution in [0.25, 0.3) is 0 Å². The summed E-state index contributed by atoms with van der Waals surface area (Å²) in [4.78, 5) is 24.7. The van der Waals surface area contributed by atoms with Crippen molar-refractivity contribution in [2.45, 2.75) is 23.1 Å². The lowest BCUT2D eigenvalue weighted by Crippen LogP contribution is -2.32. The van der Waals surface area contributed by atoms with Gasteiger partial charge in [0.2, 0.25) is 0 Å². The van der Waals surface area contributed by atoms with Crippen LogP contribution in [0.2, 0.25) is 0 Å². The molecule has 7 heteroatoms. The summed E-state index contributed by atoms with van der Waals surface area (Å²) in [6.07, 6.45) is 1.02. The van der Waals surface area contributed by atoms with Crippen LogP contribution in [0.5, 0.6) is 0 Å². The van der Waals surface area contributed by atoms with Gasteiger partial charge in [0, 0.05) is 35.0 Å². The van der Waals surface area contributed by atoms with Crippen molar-refractivity contribution in [3.63, 3.8) is 0 Å². The zero-order valence-corrected chi connectivity index (χ0v) is 14.8. The topological polar surface area (TPSA) is 84.3 Å². The van der Waals surface area contributed by atoms with Crippen molar-refractivity contribution in [3.8, 4) is 0 Å². The Kier molecular flexibility index (Phi) is 7.43. The third kappa shape index (κ3) is 5.88. The highest BCUT2D eigenvalue weighted by atomic mass is 32.2. The summed E-state index contributed by atoms with van der Waals surface area (Å²) in [7, 11) is 0. The lowest BCUT2D eigenvalue weighted by atomic mass is 10.2. The molecule has 6 nitrogen and oxygen atoms in total. The maximum absolute atomic E-state index is 12.5. The molecule has 2 aromatic rings. The Morgan fingerprint density at radius 3 is 2.56 bits per heavy atom. The van der Waals surface area contributed by atoms with Crippen molar-refractivity contribution in [3.05, 3.63) is 64.2 Å². The molecule has 0 saturated heterocycles. The molecule has 0 fully saturated rings. The Morgan fingerprint density at radius 1 is 1.12 bits per heavy atom. The van der Waals surface area contributed by atoms with E-state index < -0.39 is 4.92 Å². The minimum atomic E-state index is -0.490. The molecular weight excluding hydrogens is 338 g/mol. The van der Waals surface area contributed by atoms with Gasteiger partial charge < -0.3 is 10.6 Å². The van der Waals surface area contributed by atoms with E-state index in [0.717, 1.165) is 17.9 Å². The van der Waals surface area contributed by atoms with Gasteiger partial charge in [0.15, 0.2) is 0 Å². The molecule has 2 aromatic carbocycles. The monoisotopic (exact) mass is 359 g/mol. The predicted octanol–water partition coefficient (Wildman–Crippen LogP) is 3.48. The summed E-state index contributed by atoms with van der Waals surface area (Å²) in [5.41, 5.74) is 0.227. The van der Waals surface area contributed by atoms with Gasteiger partial charge in [-0.25, -0.2) is 0 Å². The van der Waals surface area contributed by atoms with Crippen LogP contribution in [0.1, 0.15) is 23.7 Å². The quantitative estimate of drug-likeness (QED) is 0.407. The van der Waals surface area contributed by atoms with E-state index in [1.807, 2.05) is 30.3 Å². The molecule has 2 N–H and O–H groups in total. The average Bonchev–Trinajstić information content (AvgIpc) is 2.62. The molecule has 0 heterocycles. The Balaban J connectivity index is 2.15. The van der Waals surface area contributed by atoms with E-state index in [1.165, 1.54) is 23.9 Å². The Morgan fingerprint density at radius 2 is 1.88 bits per heavy atom. The summed E-state index contributed by atoms with van der Waals surface area (Å²) in [5, 5.41) is 17.0. The molecule has 132 valence electrons. The van der Waals surface area contributed by atoms with Gasteiger partial charge in [-0.1, -0.05) is 36.9 Å². The first-order valence-electron chi connectivity index (χ1n) is 8.12. The summed E-state index contributed by atoms with van der Waals surface area (Å²) in [6, 6.07) is 14.0. The number of hydrogen-bond acceptors (Lipinski definition) is 5. The molecule has 0 atom stereocenters. The number of nitrogens with zero attached hydrogens (tertiary/aromatic N) is 1. The van der Waals surface area contributed by atoms with Crippen molar-refractivity contribution in [1.82, 2.24) is 10.6 Å². The predicted molar refractivity (Wildman–Crippen MR) is 99.2 cm³/mol. The van der Waals surface area contributed by atoms with Crippen LogP contribution < -0.4 is 10.6 Å². The number of rotatable bonds is 9. The molecule has 0 aromatic heterocycles. The van der Waals surface area contributed by atoms with Crippen molar-refractivity contribution < 1.29 is 9.72 Å². The number of non-ortho nitro benzene ring substituents is 1. The number of nitro benzene ring substituents is 1. The van der Waals surface area contributed by atoms with Gasteiger partial charge in [-0.3, -0.25) is 14.9 Å². The standard InChI is InChI=1S/C18H21N3O3S/c1-2-10-19-11-12-20-18(22)16-13-14(21(23)24)8-9-17(16)25-15-6-4-3-5-7-15/h3-9,13,19H,2,10-12H2,1H3,(H,20,22). The second-order valence-electron chi connectivity index (χ2n) is 5.36. The van der Waals surface area contributed by atoms with Gasteiger partial charge in [0.25, 0.3) is 11.6 Å². The molecule has 2 rings (SSSR count). The first-order chi connectivity index (χ1) is 12.1. The van der Waals surface area contributed by atoms with Crippen LogP contribution in [-0.4, -0.2) is 30.5 Å². The lowest BCUT2D eigenvalue weighted by molar-refractivity contribution is -0.384. The van der Waals surface area contributed by atoms with Gasteiger partial charge in [-0.2, -0.15) is 0 Å². The molecule has 1 amide bonds. The van der Waals surface area contributed by atoms with E-state index in [9.17, 15) is 14.9 Å². The third-order valence-electron chi connectivity index (χ3n) is 3.40. The lowest BCUT2D eigenvalue weighted by Gasteiger charge is -2.10. The van der Waals surface area contributed by atoms with Crippen molar-refractivity contribution in [2.24, 2.45) is 0 Å². The number of amides is 1. The number of nitro groups is 1. The second kappa shape index (κ2) is 9.80. The smallest absolute Gasteiger partial charge is 0.270 e. The van der Waals surface area contributed by atoms with E-state index in [1.54, 1.807) is 6.07 Å². The van der Waals surface area contributed by atoms with E-state index in [-0.39, 0.29) is 11.6 Å². The largest absolute Gasteiger partial charge is 0.351 e. The maximum atomic E-state index is 12.5. The average molecular weight is 359 g/mol. The van der Waals surface area contributed by atoms with E-state index in [0.29, 0.717) is 23.5 Å². The van der Waals surface area contributed by atoms with Crippen molar-refractivity contribution >= 4 is 23.4 Å². The van der Waals surface area contributed by atoms with Gasteiger partial charge in [-0.05, 0) is 31.2 Å². The SMILES string of the molecule is CCCNCCNC(=O)c1cc([N+](=O)[O-])ccc1Sc1ccccc1. The van der Waals surface area contributed by atoms with Gasteiger partial charge >= 0.3 is 0 Å². The highest BCUT2D eigenvalue weighted by Crippen LogP contribution is 2.32. The highest BCUT2D eigenvalue weighted by molar-refractivity contribution is 7.99. The van der Waals surface area contributed by atoms with E-state index >= 15 is 0 Å². The van der Waals surface area contributed by atoms with Gasteiger partial charge in [0.05, 0.1) is 10.5 Å². The number of hydrogen-bond donors (Lipinski definition) is 2. The number of carbonyl (C=O) groups is 1. The van der Waals surface area contributed by atoms with Gasteiger partial charge in [0.1, 0.15) is 0 Å². The minimum absolute atomic E-state index is 0.0910. The maximum Gasteiger partial charge on any atom is 0.270 e. The van der Waals surface area contributed by atoms with E-state index in [4.69, 9.17) is 0 Å². The minimum Gasteiger partial charge on any atom is -0.351 e. The Labute approximate surface area is 151 Å². The van der Waals surface area contributed by atoms with Crippen LogP contribution in [0, 0.1) is 10.1 Å². The fourth-order valence-electron chi connectivity index (χ4n) is 2.17. The molecule has 0 unspecified atom stereocenters. The molecular formula is C18H21N3O3S. The van der Waals surface area contributed by atoms with Crippen molar-refractivity contribution in [1.29, 1.82) is 0 Å². The second-order valence-corrected chi connectivity index (χ2v) is 6.47. The molecule has 0 aliphatic rings. The first-order valence-corrected chi connectivity index (χ1v) is 8.93. The zero-order chi connectivity index (χ0) is 18.1. The normalized spacial score (nSPS) is 10.4. The fourth-order valence-corrected chi connectivity index (χ4v) is 3.12. The summed E-state index contributed by atoms with van der Waals surface area (Å²) in [6.45, 7) is 4.09. The van der Waals surface area contributed by atoms with Crippen LogP contribution in [0.4, 0.5) is 5.69 Å². The number of carbonyl (C=O) groups excluding carboxylic acids is 1. The molecule has 0 spiro atoms. The molecule has 0 bridgehead atoms. The molecule has 25 heavy (non-hydrogen) atoms. The van der Waals surface area contributed by atoms with Crippen LogP contribution in [0.3, 0.4) is 0 Å². The van der Waals surface area contributed by atoms with Crippen LogP contribution in [-0.2, 0) is 0 Å². The molecule has 0 radical (unpaired) electrons. The highest BCUT2D eigenvalue weighted by Gasteiger charge is 2.17. The third-order valence-corrected chi connectivity index (χ3v) is 4.49. The zero-order valence-electron chi connectivity index (χ0n) is 14.0. The van der Waals surface area contributed by atoms with E-state index in [2.05, 4.69) is 17.6 Å². The molecule has 0 saturated carbocycles. The summed E-state index contributed by atoms with van der Waals surface area (Å²) >= 11 is 1.41. The Hall–Kier alpha value is -2.38. The number of nitrogens with one attached hydrogen (secondary N) is 2. The van der Waals surface area contributed by atoms with Gasteiger partial charge in [-0.15, -0.1) is 0 Å².